The maximum atomic E-state index is 11.9. The number of rotatable bonds is 25. The average molecular weight is 523 g/mol. The Hall–Kier alpha value is 0.820. The Balaban J connectivity index is -0.00000480. The molecule has 0 unspecified atom stereocenters. The maximum absolute atomic E-state index is 11.9. The third kappa shape index (κ3) is 27.3. The van der Waals surface area contributed by atoms with Crippen LogP contribution in [0.1, 0.15) is 144 Å². The second kappa shape index (κ2) is 24.5. The predicted molar refractivity (Wildman–Crippen MR) is 135 cm³/mol. The summed E-state index contributed by atoms with van der Waals surface area (Å²) in [6.07, 6.45) is 22.0. The van der Waals surface area contributed by atoms with E-state index in [1.54, 1.807) is 0 Å². The van der Waals surface area contributed by atoms with Crippen LogP contribution < -0.4 is 29.6 Å². The van der Waals surface area contributed by atoms with Gasteiger partial charge in [-0.2, -0.15) is 16.8 Å². The van der Waals surface area contributed by atoms with E-state index in [9.17, 15) is 16.8 Å². The fourth-order valence-electron chi connectivity index (χ4n) is 3.70. The summed E-state index contributed by atoms with van der Waals surface area (Å²) >= 11 is 0. The number of hydrogen-bond acceptors (Lipinski definition) is 6. The first kappa shape index (κ1) is 36.0. The molecule has 0 rings (SSSR count). The fraction of sp³-hybridized carbons (Fsp3) is 1.00. The van der Waals surface area contributed by atoms with E-state index in [0.29, 0.717) is 12.8 Å². The van der Waals surface area contributed by atoms with Crippen LogP contribution in [-0.2, 0) is 28.3 Å². The predicted octanol–water partition coefficient (Wildman–Crippen LogP) is 4.55. The molecule has 0 heterocycles. The first-order chi connectivity index (χ1) is 15.3. The molecule has 0 fully saturated rings. The third-order valence-electron chi connectivity index (χ3n) is 5.66. The van der Waals surface area contributed by atoms with Gasteiger partial charge >= 0.3 is 40.0 Å². The summed E-state index contributed by atoms with van der Waals surface area (Å²) in [4.78, 5) is 0. The van der Waals surface area contributed by atoms with Crippen LogP contribution in [0.25, 0.3) is 0 Å². The molecule has 0 amide bonds. The molecule has 9 heteroatoms. The van der Waals surface area contributed by atoms with Crippen LogP contribution in [0.3, 0.4) is 0 Å². The normalized spacial score (nSPS) is 12.1. The molecular weight excluding hydrogens is 471 g/mol. The number of hydrogen-bond donors (Lipinski definition) is 0. The minimum Gasteiger partial charge on any atom is -1.00 e. The zero-order chi connectivity index (χ0) is 24.0. The van der Waals surface area contributed by atoms with Crippen LogP contribution in [0.4, 0.5) is 0 Å². The molecule has 0 aromatic rings. The fourth-order valence-corrected chi connectivity index (χ4v) is 6.02. The minimum atomic E-state index is -4.50. The zero-order valence-corrected chi connectivity index (χ0v) is 25.5. The van der Waals surface area contributed by atoms with E-state index in [1.807, 2.05) is 0 Å². The van der Waals surface area contributed by atoms with Crippen molar-refractivity contribution in [3.05, 3.63) is 0 Å². The quantitative estimate of drug-likeness (QED) is 0.129. The molecule has 0 radical (unpaired) electrons. The molecule has 0 bridgehead atoms. The van der Waals surface area contributed by atoms with E-state index < -0.39 is 20.5 Å². The topological polar surface area (TPSA) is 86.7 Å². The summed E-state index contributed by atoms with van der Waals surface area (Å²) in [5.41, 5.74) is 0. The summed E-state index contributed by atoms with van der Waals surface area (Å²) < 4.78 is 56.4. The van der Waals surface area contributed by atoms with Crippen LogP contribution in [0.5, 0.6) is 0 Å². The molecule has 0 aromatic carbocycles. The monoisotopic (exact) mass is 522 g/mol. The van der Waals surface area contributed by atoms with Gasteiger partial charge in [0.1, 0.15) is 0 Å². The molecule has 33 heavy (non-hydrogen) atoms. The zero-order valence-electron chi connectivity index (χ0n) is 22.8. The van der Waals surface area contributed by atoms with Crippen LogP contribution in [0.15, 0.2) is 0 Å². The van der Waals surface area contributed by atoms with Crippen molar-refractivity contribution in [3.63, 3.8) is 0 Å². The molecule has 0 saturated heterocycles. The molecule has 0 aromatic heterocycles. The van der Waals surface area contributed by atoms with Crippen molar-refractivity contribution < 1.29 is 55.6 Å². The molecule has 6 nitrogen and oxygen atoms in total. The van der Waals surface area contributed by atoms with Gasteiger partial charge in [-0.25, -0.2) is 4.18 Å². The minimum absolute atomic E-state index is 0. The molecule has 0 N–H and O–H groups in total. The summed E-state index contributed by atoms with van der Waals surface area (Å²) in [5.74, 6) is -0.287. The molecule has 0 saturated carbocycles. The van der Waals surface area contributed by atoms with Crippen molar-refractivity contribution in [2.24, 2.45) is 0 Å². The standard InChI is InChI=1S/C24H50O6S2.Na.H/c1-3-5-7-9-11-13-15-17-19-21-23-29-32(27,28)30-31(25,26)24-22-20-18-16-14-12-10-8-6-4-2;;/h3-24H2,1-2H3;;/q;+1;-1. The van der Waals surface area contributed by atoms with Crippen LogP contribution in [-0.4, -0.2) is 29.2 Å². The Labute approximate surface area is 229 Å². The Morgan fingerprint density at radius 1 is 0.515 bits per heavy atom. The Morgan fingerprint density at radius 3 is 1.24 bits per heavy atom. The average Bonchev–Trinajstić information content (AvgIpc) is 2.72. The summed E-state index contributed by atoms with van der Waals surface area (Å²) in [7, 11) is -8.62. The molecular formula is C24H51NaO6S2. The van der Waals surface area contributed by atoms with Gasteiger partial charge in [0.25, 0.3) is 10.1 Å². The van der Waals surface area contributed by atoms with Crippen molar-refractivity contribution in [1.29, 1.82) is 0 Å². The molecule has 0 spiro atoms. The largest absolute Gasteiger partial charge is 1.00 e. The van der Waals surface area contributed by atoms with E-state index in [1.165, 1.54) is 77.0 Å². The molecule has 0 aliphatic rings. The van der Waals surface area contributed by atoms with Crippen LogP contribution in [0.2, 0.25) is 0 Å². The molecule has 0 atom stereocenters. The summed E-state index contributed by atoms with van der Waals surface area (Å²) in [6.45, 7) is 4.38. The summed E-state index contributed by atoms with van der Waals surface area (Å²) in [6, 6.07) is 0. The van der Waals surface area contributed by atoms with E-state index in [0.717, 1.165) is 38.5 Å². The first-order valence-electron chi connectivity index (χ1n) is 13.2. The second-order valence-corrected chi connectivity index (χ2v) is 12.0. The Kier molecular flexibility index (Phi) is 26.7. The van der Waals surface area contributed by atoms with E-state index >= 15 is 0 Å². The first-order valence-corrected chi connectivity index (χ1v) is 16.1. The van der Waals surface area contributed by atoms with Crippen molar-refractivity contribution >= 4 is 20.5 Å². The van der Waals surface area contributed by atoms with Gasteiger partial charge in [0.2, 0.25) is 0 Å². The van der Waals surface area contributed by atoms with Crippen LogP contribution >= 0.6 is 0 Å². The molecule has 196 valence electrons. The Morgan fingerprint density at radius 2 is 0.848 bits per heavy atom. The van der Waals surface area contributed by atoms with Gasteiger partial charge in [-0.05, 0) is 12.8 Å². The van der Waals surface area contributed by atoms with Gasteiger partial charge in [0.05, 0.1) is 12.4 Å². The SMILES string of the molecule is CCCCCCCCCCCCOS(=O)(=O)OS(=O)(=O)CCCCCCCCCCCC.[H-].[Na+]. The smallest absolute Gasteiger partial charge is 1.00 e. The van der Waals surface area contributed by atoms with Crippen molar-refractivity contribution in [2.45, 2.75) is 142 Å². The van der Waals surface area contributed by atoms with Gasteiger partial charge < -0.3 is 1.43 Å². The maximum Gasteiger partial charge on any atom is 1.00 e. The second-order valence-electron chi connectivity index (χ2n) is 8.92. The number of unbranched alkanes of at least 4 members (excludes halogenated alkanes) is 18. The van der Waals surface area contributed by atoms with Crippen LogP contribution in [0, 0.1) is 0 Å². The molecule has 0 aliphatic heterocycles. The van der Waals surface area contributed by atoms with E-state index in [4.69, 9.17) is 4.18 Å². The van der Waals surface area contributed by atoms with Gasteiger partial charge in [-0.15, -0.1) is 3.63 Å². The van der Waals surface area contributed by atoms with E-state index in [2.05, 4.69) is 17.5 Å². The summed E-state index contributed by atoms with van der Waals surface area (Å²) in [5, 5.41) is 0. The van der Waals surface area contributed by atoms with Crippen molar-refractivity contribution in [3.8, 4) is 0 Å². The van der Waals surface area contributed by atoms with Gasteiger partial charge in [0, 0.05) is 0 Å². The van der Waals surface area contributed by atoms with Crippen molar-refractivity contribution in [1.82, 2.24) is 0 Å². The third-order valence-corrected chi connectivity index (χ3v) is 8.40. The van der Waals surface area contributed by atoms with Crippen molar-refractivity contribution in [2.75, 3.05) is 12.4 Å². The van der Waals surface area contributed by atoms with E-state index in [-0.39, 0.29) is 43.3 Å². The van der Waals surface area contributed by atoms with Gasteiger partial charge in [-0.3, -0.25) is 0 Å². The van der Waals surface area contributed by atoms with Gasteiger partial charge in [-0.1, -0.05) is 129 Å². The molecule has 0 aliphatic carbocycles. The Bertz CT molecular complexity index is 615. The van der Waals surface area contributed by atoms with Gasteiger partial charge in [0.15, 0.2) is 0 Å².